The Kier molecular flexibility index (Phi) is 4.93. The maximum absolute atomic E-state index is 2.48. The minimum absolute atomic E-state index is 1.17. The van der Waals surface area contributed by atoms with E-state index >= 15 is 0 Å². The Morgan fingerprint density at radius 1 is 0.357 bits per heavy atom. The van der Waals surface area contributed by atoms with Crippen molar-refractivity contribution >= 4 is 54.4 Å². The highest BCUT2D eigenvalue weighted by Gasteiger charge is 2.21. The molecule has 0 spiro atoms. The number of hydrogen-bond donors (Lipinski definition) is 0. The van der Waals surface area contributed by atoms with E-state index in [1.807, 2.05) is 0 Å². The van der Waals surface area contributed by atoms with E-state index < -0.39 is 0 Å². The van der Waals surface area contributed by atoms with Crippen LogP contribution in [0.5, 0.6) is 0 Å². The Morgan fingerprint density at radius 3 is 1.52 bits per heavy atom. The summed E-state index contributed by atoms with van der Waals surface area (Å²) in [4.78, 5) is 0. The van der Waals surface area contributed by atoms with Gasteiger partial charge in [-0.05, 0) is 64.9 Å². The molecule has 0 radical (unpaired) electrons. The van der Waals surface area contributed by atoms with Gasteiger partial charge in [-0.1, -0.05) is 109 Å². The Labute approximate surface area is 243 Å². The van der Waals surface area contributed by atoms with Crippen LogP contribution < -0.4 is 0 Å². The molecule has 0 atom stereocenters. The highest BCUT2D eigenvalue weighted by molar-refractivity contribution is 6.29. The van der Waals surface area contributed by atoms with Gasteiger partial charge in [-0.15, -0.1) is 0 Å². The average Bonchev–Trinajstić information content (AvgIpc) is 3.58. The molecule has 0 unspecified atom stereocenters. The smallest absolute Gasteiger partial charge is 0.0549 e. The van der Waals surface area contributed by atoms with Crippen LogP contribution in [0, 0.1) is 0 Å². The molecule has 7 aromatic carbocycles. The summed E-state index contributed by atoms with van der Waals surface area (Å²) in [5.41, 5.74) is 9.68. The molecule has 0 aliphatic carbocycles. The monoisotopic (exact) mass is 534 g/mol. The molecule has 0 aliphatic heterocycles. The first kappa shape index (κ1) is 23.1. The summed E-state index contributed by atoms with van der Waals surface area (Å²) >= 11 is 0. The molecule has 9 rings (SSSR count). The van der Waals surface area contributed by atoms with Crippen molar-refractivity contribution in [2.24, 2.45) is 0 Å². The van der Waals surface area contributed by atoms with Crippen LogP contribution in [0.1, 0.15) is 0 Å². The van der Waals surface area contributed by atoms with Crippen molar-refractivity contribution in [2.75, 3.05) is 0 Å². The molecular formula is C40H26N2. The summed E-state index contributed by atoms with van der Waals surface area (Å²) in [6, 6.07) is 57.2. The summed E-state index contributed by atoms with van der Waals surface area (Å²) in [5, 5.41) is 7.60. The molecule has 2 nitrogen and oxygen atoms in total. The summed E-state index contributed by atoms with van der Waals surface area (Å²) in [6.45, 7) is 0. The topological polar surface area (TPSA) is 9.86 Å². The third-order valence-corrected chi connectivity index (χ3v) is 8.68. The lowest BCUT2D eigenvalue weighted by atomic mass is 9.98. The van der Waals surface area contributed by atoms with Crippen molar-refractivity contribution in [1.82, 2.24) is 9.13 Å². The second kappa shape index (κ2) is 8.95. The normalized spacial score (nSPS) is 11.8. The van der Waals surface area contributed by atoms with Crippen LogP contribution in [0.25, 0.3) is 76.9 Å². The van der Waals surface area contributed by atoms with Gasteiger partial charge >= 0.3 is 0 Å². The highest BCUT2D eigenvalue weighted by atomic mass is 15.0. The number of benzene rings is 7. The lowest BCUT2D eigenvalue weighted by molar-refractivity contribution is 1.17. The van der Waals surface area contributed by atoms with Gasteiger partial charge in [0.25, 0.3) is 0 Å². The quantitative estimate of drug-likeness (QED) is 0.213. The minimum atomic E-state index is 1.17. The number of nitrogens with zero attached hydrogens (tertiary/aromatic N) is 2. The molecule has 0 bridgehead atoms. The number of aromatic nitrogens is 2. The van der Waals surface area contributed by atoms with Gasteiger partial charge in [0.05, 0.1) is 27.8 Å². The van der Waals surface area contributed by atoms with Gasteiger partial charge in [0.15, 0.2) is 0 Å². The highest BCUT2D eigenvalue weighted by Crippen LogP contribution is 2.44. The fraction of sp³-hybridized carbons (Fsp3) is 0. The predicted molar refractivity (Wildman–Crippen MR) is 178 cm³/mol. The van der Waals surface area contributed by atoms with Crippen molar-refractivity contribution < 1.29 is 0 Å². The Morgan fingerprint density at radius 2 is 0.857 bits per heavy atom. The minimum Gasteiger partial charge on any atom is -0.309 e. The maximum Gasteiger partial charge on any atom is 0.0549 e. The van der Waals surface area contributed by atoms with Crippen molar-refractivity contribution in [2.45, 2.75) is 0 Å². The number of hydrogen-bond acceptors (Lipinski definition) is 0. The average molecular weight is 535 g/mol. The summed E-state index contributed by atoms with van der Waals surface area (Å²) in [5.74, 6) is 0. The molecule has 0 N–H and O–H groups in total. The second-order valence-electron chi connectivity index (χ2n) is 11.0. The van der Waals surface area contributed by atoms with E-state index in [0.717, 1.165) is 0 Å². The third kappa shape index (κ3) is 3.27. The van der Waals surface area contributed by atoms with Gasteiger partial charge < -0.3 is 9.13 Å². The molecule has 2 heteroatoms. The fourth-order valence-electron chi connectivity index (χ4n) is 6.90. The summed E-state index contributed by atoms with van der Waals surface area (Å²) in [7, 11) is 0. The zero-order valence-corrected chi connectivity index (χ0v) is 22.9. The zero-order chi connectivity index (χ0) is 27.6. The largest absolute Gasteiger partial charge is 0.309 e. The van der Waals surface area contributed by atoms with E-state index in [-0.39, 0.29) is 0 Å². The SMILES string of the molecule is c1ccc(-c2cc3ccccc3cc2-n2c3ccccc3c3c4c5ccccc5n(-c5ccccc5)c4ccc32)cc1. The van der Waals surface area contributed by atoms with Crippen molar-refractivity contribution in [1.29, 1.82) is 0 Å². The molecule has 0 saturated heterocycles. The molecule has 0 saturated carbocycles. The molecule has 9 aromatic rings. The summed E-state index contributed by atoms with van der Waals surface area (Å²) in [6.07, 6.45) is 0. The first-order valence-corrected chi connectivity index (χ1v) is 14.5. The van der Waals surface area contributed by atoms with Gasteiger partial charge in [0.2, 0.25) is 0 Å². The molecule has 2 aromatic heterocycles. The molecule has 0 aliphatic rings. The number of fused-ring (bicyclic) bond motifs is 8. The first-order valence-electron chi connectivity index (χ1n) is 14.5. The Hall–Kier alpha value is -5.60. The predicted octanol–water partition coefficient (Wildman–Crippen LogP) is 10.7. The van der Waals surface area contributed by atoms with Crippen LogP contribution in [0.3, 0.4) is 0 Å². The maximum atomic E-state index is 2.48. The fourth-order valence-corrected chi connectivity index (χ4v) is 6.90. The van der Waals surface area contributed by atoms with E-state index in [1.54, 1.807) is 0 Å². The van der Waals surface area contributed by atoms with Crippen molar-refractivity contribution in [3.8, 4) is 22.5 Å². The number of para-hydroxylation sites is 3. The van der Waals surface area contributed by atoms with Crippen LogP contribution in [0.4, 0.5) is 0 Å². The van der Waals surface area contributed by atoms with Crippen molar-refractivity contribution in [3.63, 3.8) is 0 Å². The van der Waals surface area contributed by atoms with Crippen LogP contribution in [0.15, 0.2) is 158 Å². The Balaban J connectivity index is 1.48. The van der Waals surface area contributed by atoms with Crippen molar-refractivity contribution in [3.05, 3.63) is 158 Å². The first-order chi connectivity index (χ1) is 20.9. The lowest BCUT2D eigenvalue weighted by Gasteiger charge is -2.16. The second-order valence-corrected chi connectivity index (χ2v) is 11.0. The van der Waals surface area contributed by atoms with Crippen LogP contribution >= 0.6 is 0 Å². The van der Waals surface area contributed by atoms with E-state index in [1.165, 1.54) is 76.9 Å². The van der Waals surface area contributed by atoms with Gasteiger partial charge in [-0.2, -0.15) is 0 Å². The zero-order valence-electron chi connectivity index (χ0n) is 22.9. The van der Waals surface area contributed by atoms with Gasteiger partial charge in [0, 0.05) is 32.8 Å². The summed E-state index contributed by atoms with van der Waals surface area (Å²) < 4.78 is 4.88. The standard InChI is InChI=1S/C40H26N2/c1-3-13-27(14-4-1)33-25-28-15-7-8-16-29(28)26-38(33)42-35-22-12-10-20-32(35)40-37(42)24-23-36-39(40)31-19-9-11-21-34(31)41(36)30-17-5-2-6-18-30/h1-26H. The molecule has 0 amide bonds. The number of rotatable bonds is 3. The van der Waals surface area contributed by atoms with E-state index in [2.05, 4.69) is 167 Å². The van der Waals surface area contributed by atoms with Crippen LogP contribution in [-0.4, -0.2) is 9.13 Å². The molecule has 0 fully saturated rings. The van der Waals surface area contributed by atoms with E-state index in [0.29, 0.717) is 0 Å². The third-order valence-electron chi connectivity index (χ3n) is 8.68. The molecule has 42 heavy (non-hydrogen) atoms. The van der Waals surface area contributed by atoms with E-state index in [4.69, 9.17) is 0 Å². The van der Waals surface area contributed by atoms with Gasteiger partial charge in [-0.25, -0.2) is 0 Å². The molecule has 196 valence electrons. The van der Waals surface area contributed by atoms with Gasteiger partial charge in [-0.3, -0.25) is 0 Å². The molecule has 2 heterocycles. The van der Waals surface area contributed by atoms with Gasteiger partial charge in [0.1, 0.15) is 0 Å². The van der Waals surface area contributed by atoms with Crippen LogP contribution in [0.2, 0.25) is 0 Å². The molecular weight excluding hydrogens is 508 g/mol. The van der Waals surface area contributed by atoms with Crippen LogP contribution in [-0.2, 0) is 0 Å². The van der Waals surface area contributed by atoms with E-state index in [9.17, 15) is 0 Å². The Bertz CT molecular complexity index is 2440. The lowest BCUT2D eigenvalue weighted by Crippen LogP contribution is -1.98.